The maximum absolute atomic E-state index is 12.6. The molecule has 0 N–H and O–H groups in total. The number of ether oxygens (including phenoxy) is 3. The van der Waals surface area contributed by atoms with E-state index in [9.17, 15) is 19.7 Å². The first-order chi connectivity index (χ1) is 13.8. The summed E-state index contributed by atoms with van der Waals surface area (Å²) in [6, 6.07) is 11.1. The molecule has 0 aliphatic heterocycles. The van der Waals surface area contributed by atoms with Crippen LogP contribution in [0.3, 0.4) is 0 Å². The molecular weight excluding hydrogens is 380 g/mol. The van der Waals surface area contributed by atoms with Crippen LogP contribution in [0.2, 0.25) is 0 Å². The van der Waals surface area contributed by atoms with E-state index in [0.29, 0.717) is 5.69 Å². The zero-order chi connectivity index (χ0) is 21.6. The van der Waals surface area contributed by atoms with Gasteiger partial charge in [-0.1, -0.05) is 18.2 Å². The number of rotatable bonds is 8. The molecule has 154 valence electrons. The first-order valence-corrected chi connectivity index (χ1v) is 8.82. The Morgan fingerprint density at radius 1 is 1.17 bits per heavy atom. The van der Waals surface area contributed by atoms with Gasteiger partial charge in [0.15, 0.2) is 17.6 Å². The van der Waals surface area contributed by atoms with E-state index in [2.05, 4.69) is 0 Å². The number of methoxy groups -OCH3 is 1. The second kappa shape index (κ2) is 9.54. The Balaban J connectivity index is 2.27. The van der Waals surface area contributed by atoms with Gasteiger partial charge in [0.2, 0.25) is 0 Å². The number of carbonyl (C=O) groups excluding carboxylic acids is 2. The molecule has 1 amide bonds. The highest BCUT2D eigenvalue weighted by Gasteiger charge is 2.29. The minimum atomic E-state index is -1.16. The summed E-state index contributed by atoms with van der Waals surface area (Å²) in [5.41, 5.74) is -0.221. The lowest BCUT2D eigenvalue weighted by molar-refractivity contribution is -0.385. The summed E-state index contributed by atoms with van der Waals surface area (Å²) < 4.78 is 15.7. The molecule has 0 aromatic heterocycles. The van der Waals surface area contributed by atoms with Crippen LogP contribution in [0, 0.1) is 10.1 Å². The van der Waals surface area contributed by atoms with Gasteiger partial charge in [-0.25, -0.2) is 4.79 Å². The summed E-state index contributed by atoms with van der Waals surface area (Å²) in [4.78, 5) is 37.2. The van der Waals surface area contributed by atoms with Crippen molar-refractivity contribution in [2.45, 2.75) is 20.0 Å². The highest BCUT2D eigenvalue weighted by molar-refractivity contribution is 6.00. The molecule has 0 aliphatic carbocycles. The maximum Gasteiger partial charge on any atom is 0.346 e. The van der Waals surface area contributed by atoms with E-state index in [1.54, 1.807) is 38.2 Å². The molecule has 29 heavy (non-hydrogen) atoms. The molecule has 0 fully saturated rings. The number of amides is 1. The van der Waals surface area contributed by atoms with E-state index in [-0.39, 0.29) is 23.7 Å². The fraction of sp³-hybridized carbons (Fsp3) is 0.300. The predicted octanol–water partition coefficient (Wildman–Crippen LogP) is 3.21. The molecule has 2 aromatic carbocycles. The standard InChI is InChI=1S/C20H22N2O7/c1-5-28-18-12-16(22(25)26)15(11-17(18)27-4)20(24)29-13(2)19(23)21(3)14-9-7-6-8-10-14/h6-13H,5H2,1-4H3/t13-/m0/s1. The Hall–Kier alpha value is -3.62. The van der Waals surface area contributed by atoms with Crippen molar-refractivity contribution in [3.63, 3.8) is 0 Å². The zero-order valence-electron chi connectivity index (χ0n) is 16.6. The number of likely N-dealkylation sites (N-methyl/N-ethyl adjacent to an activating group) is 1. The van der Waals surface area contributed by atoms with Gasteiger partial charge in [0.1, 0.15) is 5.56 Å². The van der Waals surface area contributed by atoms with Gasteiger partial charge in [0.25, 0.3) is 11.6 Å². The smallest absolute Gasteiger partial charge is 0.346 e. The molecule has 0 heterocycles. The number of nitro groups is 1. The van der Waals surface area contributed by atoms with Crippen LogP contribution in [0.15, 0.2) is 42.5 Å². The fourth-order valence-electron chi connectivity index (χ4n) is 2.62. The number of benzene rings is 2. The van der Waals surface area contributed by atoms with Gasteiger partial charge in [-0.2, -0.15) is 0 Å². The number of para-hydroxylation sites is 1. The maximum atomic E-state index is 12.6. The van der Waals surface area contributed by atoms with E-state index in [0.717, 1.165) is 6.07 Å². The molecule has 9 heteroatoms. The van der Waals surface area contributed by atoms with Gasteiger partial charge in [0.05, 0.1) is 24.7 Å². The van der Waals surface area contributed by atoms with Gasteiger partial charge >= 0.3 is 5.97 Å². The first kappa shape index (κ1) is 21.7. The Bertz CT molecular complexity index is 899. The van der Waals surface area contributed by atoms with Crippen LogP contribution in [0.25, 0.3) is 0 Å². The minimum absolute atomic E-state index is 0.131. The molecule has 0 saturated carbocycles. The van der Waals surface area contributed by atoms with E-state index < -0.39 is 28.6 Å². The molecule has 2 rings (SSSR count). The van der Waals surface area contributed by atoms with Gasteiger partial charge in [-0.3, -0.25) is 14.9 Å². The monoisotopic (exact) mass is 402 g/mol. The van der Waals surface area contributed by atoms with E-state index in [1.807, 2.05) is 6.07 Å². The van der Waals surface area contributed by atoms with Crippen molar-refractivity contribution in [1.29, 1.82) is 0 Å². The lowest BCUT2D eigenvalue weighted by atomic mass is 10.1. The van der Waals surface area contributed by atoms with Crippen molar-refractivity contribution < 1.29 is 28.7 Å². The van der Waals surface area contributed by atoms with Crippen molar-refractivity contribution in [1.82, 2.24) is 0 Å². The minimum Gasteiger partial charge on any atom is -0.493 e. The number of carbonyl (C=O) groups is 2. The molecule has 0 spiro atoms. The van der Waals surface area contributed by atoms with Crippen LogP contribution in [0.1, 0.15) is 24.2 Å². The molecule has 9 nitrogen and oxygen atoms in total. The normalized spacial score (nSPS) is 11.3. The Morgan fingerprint density at radius 3 is 2.38 bits per heavy atom. The lowest BCUT2D eigenvalue weighted by Gasteiger charge is -2.21. The number of anilines is 1. The van der Waals surface area contributed by atoms with Crippen molar-refractivity contribution in [3.05, 3.63) is 58.1 Å². The van der Waals surface area contributed by atoms with Crippen molar-refractivity contribution in [2.24, 2.45) is 0 Å². The SMILES string of the molecule is CCOc1cc([N+](=O)[O-])c(C(=O)O[C@@H](C)C(=O)N(C)c2ccccc2)cc1OC. The number of hydrogen-bond acceptors (Lipinski definition) is 7. The van der Waals surface area contributed by atoms with E-state index in [4.69, 9.17) is 14.2 Å². The molecule has 2 aromatic rings. The van der Waals surface area contributed by atoms with Crippen LogP contribution in [0.5, 0.6) is 11.5 Å². The van der Waals surface area contributed by atoms with Gasteiger partial charge < -0.3 is 19.1 Å². The average molecular weight is 402 g/mol. The second-order valence-corrected chi connectivity index (χ2v) is 5.99. The summed E-state index contributed by atoms with van der Waals surface area (Å²) in [6.45, 7) is 3.37. The third kappa shape index (κ3) is 5.01. The number of nitrogens with zero attached hydrogens (tertiary/aromatic N) is 2. The Kier molecular flexibility index (Phi) is 7.13. The van der Waals surface area contributed by atoms with Crippen LogP contribution in [0.4, 0.5) is 11.4 Å². The van der Waals surface area contributed by atoms with Gasteiger partial charge in [-0.05, 0) is 26.0 Å². The molecular formula is C20H22N2O7. The van der Waals surface area contributed by atoms with Crippen molar-refractivity contribution >= 4 is 23.3 Å². The molecule has 1 atom stereocenters. The summed E-state index contributed by atoms with van der Waals surface area (Å²) in [7, 11) is 2.89. The van der Waals surface area contributed by atoms with Gasteiger partial charge in [-0.15, -0.1) is 0 Å². The molecule has 0 aliphatic rings. The highest BCUT2D eigenvalue weighted by atomic mass is 16.6. The topological polar surface area (TPSA) is 108 Å². The average Bonchev–Trinajstić information content (AvgIpc) is 2.72. The lowest BCUT2D eigenvalue weighted by Crippen LogP contribution is -2.37. The zero-order valence-corrected chi connectivity index (χ0v) is 16.6. The fourth-order valence-corrected chi connectivity index (χ4v) is 2.62. The van der Waals surface area contributed by atoms with Crippen LogP contribution in [-0.4, -0.2) is 43.7 Å². The molecule has 0 unspecified atom stereocenters. The first-order valence-electron chi connectivity index (χ1n) is 8.82. The molecule has 0 bridgehead atoms. The largest absolute Gasteiger partial charge is 0.493 e. The predicted molar refractivity (Wildman–Crippen MR) is 106 cm³/mol. The number of nitro benzene ring substituents is 1. The Morgan fingerprint density at radius 2 is 1.83 bits per heavy atom. The third-order valence-corrected chi connectivity index (χ3v) is 4.10. The highest BCUT2D eigenvalue weighted by Crippen LogP contribution is 2.35. The van der Waals surface area contributed by atoms with Gasteiger partial charge in [0, 0.05) is 18.8 Å². The summed E-state index contributed by atoms with van der Waals surface area (Å²) in [5, 5.41) is 11.4. The van der Waals surface area contributed by atoms with Crippen LogP contribution in [-0.2, 0) is 9.53 Å². The van der Waals surface area contributed by atoms with Crippen molar-refractivity contribution in [2.75, 3.05) is 25.7 Å². The number of hydrogen-bond donors (Lipinski definition) is 0. The molecule has 0 saturated heterocycles. The molecule has 0 radical (unpaired) electrons. The van der Waals surface area contributed by atoms with E-state index >= 15 is 0 Å². The summed E-state index contributed by atoms with van der Waals surface area (Å²) in [5.74, 6) is -1.22. The van der Waals surface area contributed by atoms with Crippen molar-refractivity contribution in [3.8, 4) is 11.5 Å². The van der Waals surface area contributed by atoms with E-state index in [1.165, 1.54) is 25.0 Å². The quantitative estimate of drug-likeness (QED) is 0.379. The Labute approximate surface area is 167 Å². The van der Waals surface area contributed by atoms with Crippen LogP contribution < -0.4 is 14.4 Å². The number of esters is 1. The summed E-state index contributed by atoms with van der Waals surface area (Å²) >= 11 is 0. The second-order valence-electron chi connectivity index (χ2n) is 5.99. The van der Waals surface area contributed by atoms with Crippen LogP contribution >= 0.6 is 0 Å². The summed E-state index contributed by atoms with van der Waals surface area (Å²) in [6.07, 6.45) is -1.16. The third-order valence-electron chi connectivity index (χ3n) is 4.10.